The highest BCUT2D eigenvalue weighted by Gasteiger charge is 1.96. The molecule has 6 N–H and O–H groups in total. The third-order valence-electron chi connectivity index (χ3n) is 8.88. The van der Waals surface area contributed by atoms with E-state index in [0.29, 0.717) is 34.5 Å². The monoisotopic (exact) mass is 774 g/mol. The fourth-order valence-corrected chi connectivity index (χ4v) is 5.05. The summed E-state index contributed by atoms with van der Waals surface area (Å²) in [7, 11) is 0. The maximum atomic E-state index is 9.21. The van der Waals surface area contributed by atoms with Crippen molar-refractivity contribution in [3.05, 3.63) is 177 Å². The Balaban J connectivity index is 0.000000343. The Hall–Kier alpha value is -5.88. The van der Waals surface area contributed by atoms with Gasteiger partial charge < -0.3 is 30.6 Å². The first kappa shape index (κ1) is 49.1. The van der Waals surface area contributed by atoms with Gasteiger partial charge >= 0.3 is 0 Å². The molecule has 0 spiro atoms. The zero-order valence-corrected chi connectivity index (χ0v) is 35.8. The Kier molecular flexibility index (Phi) is 23.1. The number of benzene rings is 6. The normalized spacial score (nSPS) is 9.65. The molecule has 6 nitrogen and oxygen atoms in total. The average molecular weight is 775 g/mol. The SMILES string of the molecule is CCCCc1ccc(O)cc1.CCCc1ccc(O)cc1.Cc1ccc(C)c(O)c1.Cc1ccc(O)c(C)c1.Cc1ccc(O)cc1C.Cc1cccc(C)c1O. The van der Waals surface area contributed by atoms with Gasteiger partial charge in [-0.1, -0.05) is 105 Å². The van der Waals surface area contributed by atoms with E-state index < -0.39 is 0 Å². The molecule has 0 atom stereocenters. The Morgan fingerprint density at radius 2 is 0.825 bits per heavy atom. The molecule has 0 aromatic heterocycles. The summed E-state index contributed by atoms with van der Waals surface area (Å²) in [6.07, 6.45) is 5.83. The highest BCUT2D eigenvalue weighted by atomic mass is 16.3. The number of rotatable bonds is 5. The van der Waals surface area contributed by atoms with Crippen LogP contribution in [0.3, 0.4) is 0 Å². The highest BCUT2D eigenvalue weighted by molar-refractivity contribution is 5.38. The van der Waals surface area contributed by atoms with Crippen molar-refractivity contribution in [2.75, 3.05) is 0 Å². The first-order valence-electron chi connectivity index (χ1n) is 19.6. The maximum Gasteiger partial charge on any atom is 0.121 e. The van der Waals surface area contributed by atoms with Gasteiger partial charge in [0.15, 0.2) is 0 Å². The minimum absolute atomic E-state index is 0.345. The van der Waals surface area contributed by atoms with Crippen LogP contribution in [0.5, 0.6) is 34.5 Å². The van der Waals surface area contributed by atoms with Gasteiger partial charge in [-0.25, -0.2) is 0 Å². The average Bonchev–Trinajstić information content (AvgIpc) is 3.18. The van der Waals surface area contributed by atoms with Crippen LogP contribution in [0, 0.1) is 55.4 Å². The minimum atomic E-state index is 0.345. The minimum Gasteiger partial charge on any atom is -0.508 e. The summed E-state index contributed by atoms with van der Waals surface area (Å²) in [6, 6.07) is 37.1. The predicted octanol–water partition coefficient (Wildman–Crippen LogP) is 13.1. The molecule has 0 amide bonds. The molecule has 0 unspecified atom stereocenters. The van der Waals surface area contributed by atoms with Crippen LogP contribution in [0.15, 0.2) is 121 Å². The summed E-state index contributed by atoms with van der Waals surface area (Å²) in [5.41, 5.74) is 11.0. The topological polar surface area (TPSA) is 121 Å². The molecule has 0 saturated carbocycles. The van der Waals surface area contributed by atoms with E-state index in [0.717, 1.165) is 52.6 Å². The van der Waals surface area contributed by atoms with Crippen molar-refractivity contribution in [1.82, 2.24) is 0 Å². The summed E-state index contributed by atoms with van der Waals surface area (Å²) in [5, 5.41) is 54.2. The van der Waals surface area contributed by atoms with Crippen LogP contribution in [-0.4, -0.2) is 30.6 Å². The van der Waals surface area contributed by atoms with E-state index >= 15 is 0 Å². The predicted molar refractivity (Wildman–Crippen MR) is 239 cm³/mol. The molecular weight excluding hydrogens is 709 g/mol. The van der Waals surface area contributed by atoms with Crippen LogP contribution < -0.4 is 0 Å². The van der Waals surface area contributed by atoms with Crippen molar-refractivity contribution in [2.24, 2.45) is 0 Å². The second-order valence-corrected chi connectivity index (χ2v) is 14.3. The lowest BCUT2D eigenvalue weighted by molar-refractivity contribution is 0.467. The smallest absolute Gasteiger partial charge is 0.121 e. The number of unbranched alkanes of at least 4 members (excludes halogenated alkanes) is 1. The molecule has 0 aliphatic carbocycles. The van der Waals surface area contributed by atoms with E-state index in [4.69, 9.17) is 25.5 Å². The number of hydrogen-bond donors (Lipinski definition) is 6. The molecule has 0 heterocycles. The lowest BCUT2D eigenvalue weighted by Gasteiger charge is -1.99. The Morgan fingerprint density at radius 1 is 0.351 bits per heavy atom. The van der Waals surface area contributed by atoms with E-state index in [2.05, 4.69) is 13.8 Å². The lowest BCUT2D eigenvalue weighted by atomic mass is 10.1. The van der Waals surface area contributed by atoms with Gasteiger partial charge in [0, 0.05) is 0 Å². The number of phenolic OH excluding ortho intramolecular Hbond substituents is 6. The van der Waals surface area contributed by atoms with Crippen molar-refractivity contribution in [3.8, 4) is 34.5 Å². The zero-order chi connectivity index (χ0) is 42.9. The standard InChI is InChI=1S/C10H14O.C9H12O.4C8H10O/c1-2-3-4-9-5-7-10(11)8-6-9;1-2-3-8-4-6-9(10)7-5-8;1-6-3-4-8(9)5-7(6)2;1-6-3-4-8(9)7(2)5-6;1-6-3-4-7(2)8(9)5-6;1-6-4-3-5-7(2)8(6)9/h5-8,11H,2-4H2,1H3;4-7,10H,2-3H2,1H3;4*3-5,9H,1-2H3. The molecule has 57 heavy (non-hydrogen) atoms. The third-order valence-corrected chi connectivity index (χ3v) is 8.88. The van der Waals surface area contributed by atoms with Crippen LogP contribution >= 0.6 is 0 Å². The Bertz CT molecular complexity index is 1880. The molecule has 306 valence electrons. The van der Waals surface area contributed by atoms with Gasteiger partial charge in [-0.3, -0.25) is 0 Å². The summed E-state index contributed by atoms with van der Waals surface area (Å²) < 4.78 is 0. The quantitative estimate of drug-likeness (QED) is 0.104. The van der Waals surface area contributed by atoms with Gasteiger partial charge in [0.1, 0.15) is 34.5 Å². The second kappa shape index (κ2) is 26.8. The van der Waals surface area contributed by atoms with E-state index in [1.165, 1.54) is 35.1 Å². The molecular formula is C51H66O6. The van der Waals surface area contributed by atoms with Gasteiger partial charge in [-0.15, -0.1) is 0 Å². The van der Waals surface area contributed by atoms with Crippen LogP contribution in [0.25, 0.3) is 0 Å². The summed E-state index contributed by atoms with van der Waals surface area (Å²) in [4.78, 5) is 0. The number of aromatic hydroxyl groups is 6. The van der Waals surface area contributed by atoms with Crippen molar-refractivity contribution >= 4 is 0 Å². The molecule has 6 heteroatoms. The fraction of sp³-hybridized carbons (Fsp3) is 0.294. The molecule has 0 radical (unpaired) electrons. The molecule has 0 aliphatic rings. The number of phenols is 6. The van der Waals surface area contributed by atoms with Crippen LogP contribution in [-0.2, 0) is 12.8 Å². The van der Waals surface area contributed by atoms with Crippen LogP contribution in [0.1, 0.15) is 88.7 Å². The van der Waals surface area contributed by atoms with E-state index in [-0.39, 0.29) is 0 Å². The van der Waals surface area contributed by atoms with Crippen molar-refractivity contribution in [2.45, 2.75) is 101 Å². The molecule has 0 fully saturated rings. The van der Waals surface area contributed by atoms with E-state index in [1.807, 2.05) is 128 Å². The molecule has 0 saturated heterocycles. The van der Waals surface area contributed by atoms with Crippen molar-refractivity contribution in [3.63, 3.8) is 0 Å². The first-order valence-corrected chi connectivity index (χ1v) is 19.6. The molecule has 0 aliphatic heterocycles. The number of hydrogen-bond acceptors (Lipinski definition) is 6. The summed E-state index contributed by atoms with van der Waals surface area (Å²) >= 11 is 0. The van der Waals surface area contributed by atoms with Crippen molar-refractivity contribution < 1.29 is 30.6 Å². The molecule has 6 aromatic carbocycles. The second-order valence-electron chi connectivity index (χ2n) is 14.3. The lowest BCUT2D eigenvalue weighted by Crippen LogP contribution is -1.82. The van der Waals surface area contributed by atoms with Crippen LogP contribution in [0.4, 0.5) is 0 Å². The highest BCUT2D eigenvalue weighted by Crippen LogP contribution is 2.20. The maximum absolute atomic E-state index is 9.21. The van der Waals surface area contributed by atoms with Crippen LogP contribution in [0.2, 0.25) is 0 Å². The number of para-hydroxylation sites is 1. The van der Waals surface area contributed by atoms with E-state index in [1.54, 1.807) is 48.5 Å². The van der Waals surface area contributed by atoms with Gasteiger partial charge in [-0.05, 0) is 173 Å². The zero-order valence-electron chi connectivity index (χ0n) is 35.8. The van der Waals surface area contributed by atoms with Gasteiger partial charge in [-0.2, -0.15) is 0 Å². The first-order chi connectivity index (χ1) is 27.0. The molecule has 6 aromatic rings. The molecule has 0 bridgehead atoms. The van der Waals surface area contributed by atoms with Gasteiger partial charge in [0.05, 0.1) is 0 Å². The fourth-order valence-electron chi connectivity index (χ4n) is 5.05. The van der Waals surface area contributed by atoms with Gasteiger partial charge in [0.2, 0.25) is 0 Å². The van der Waals surface area contributed by atoms with Gasteiger partial charge in [0.25, 0.3) is 0 Å². The van der Waals surface area contributed by atoms with Crippen molar-refractivity contribution in [1.29, 1.82) is 0 Å². The summed E-state index contributed by atoms with van der Waals surface area (Å²) in [5.74, 6) is 2.22. The Morgan fingerprint density at radius 3 is 1.23 bits per heavy atom. The Labute approximate surface area is 342 Å². The van der Waals surface area contributed by atoms with E-state index in [9.17, 15) is 5.11 Å². The number of aryl methyl sites for hydroxylation is 10. The largest absolute Gasteiger partial charge is 0.508 e. The third kappa shape index (κ3) is 21.1. The summed E-state index contributed by atoms with van der Waals surface area (Å²) in [6.45, 7) is 19.9. The molecule has 6 rings (SSSR count).